The van der Waals surface area contributed by atoms with Crippen LogP contribution in [0.5, 0.6) is 0 Å². The predicted molar refractivity (Wildman–Crippen MR) is 75.0 cm³/mol. The van der Waals surface area contributed by atoms with E-state index in [1.165, 1.54) is 11.1 Å². The zero-order valence-electron chi connectivity index (χ0n) is 11.4. The van der Waals surface area contributed by atoms with Gasteiger partial charge in [0.15, 0.2) is 0 Å². The molecule has 0 aliphatic rings. The van der Waals surface area contributed by atoms with Crippen molar-refractivity contribution in [3.05, 3.63) is 35.4 Å². The van der Waals surface area contributed by atoms with E-state index in [9.17, 15) is 0 Å². The van der Waals surface area contributed by atoms with Crippen LogP contribution in [0.3, 0.4) is 0 Å². The maximum absolute atomic E-state index is 6.15. The quantitative estimate of drug-likeness (QED) is 0.769. The first-order valence-corrected chi connectivity index (χ1v) is 6.51. The second-order valence-corrected chi connectivity index (χ2v) is 5.76. The zero-order chi connectivity index (χ0) is 12.9. The van der Waals surface area contributed by atoms with Gasteiger partial charge in [0.2, 0.25) is 0 Å². The molecule has 0 aliphatic heterocycles. The lowest BCUT2D eigenvalue weighted by Gasteiger charge is -2.20. The summed E-state index contributed by atoms with van der Waals surface area (Å²) in [7, 11) is 0. The third-order valence-electron chi connectivity index (χ3n) is 3.17. The molecule has 4 N–H and O–H groups in total. The molecule has 0 aromatic heterocycles. The molecule has 0 fully saturated rings. The van der Waals surface area contributed by atoms with E-state index in [0.29, 0.717) is 0 Å². The van der Waals surface area contributed by atoms with Crippen molar-refractivity contribution in [1.82, 2.24) is 0 Å². The monoisotopic (exact) mass is 234 g/mol. The third kappa shape index (κ3) is 4.49. The van der Waals surface area contributed by atoms with Crippen molar-refractivity contribution in [3.63, 3.8) is 0 Å². The average Bonchev–Trinajstić information content (AvgIpc) is 2.28. The van der Waals surface area contributed by atoms with Crippen molar-refractivity contribution < 1.29 is 0 Å². The number of unbranched alkanes of at least 4 members (excludes halogenated alkanes) is 1. The highest BCUT2D eigenvalue weighted by molar-refractivity contribution is 5.29. The molecule has 17 heavy (non-hydrogen) atoms. The normalized spacial score (nSPS) is 13.7. The fourth-order valence-corrected chi connectivity index (χ4v) is 1.91. The van der Waals surface area contributed by atoms with Gasteiger partial charge >= 0.3 is 0 Å². The van der Waals surface area contributed by atoms with Crippen LogP contribution in [0.4, 0.5) is 0 Å². The zero-order valence-corrected chi connectivity index (χ0v) is 11.4. The predicted octanol–water partition coefficient (Wildman–Crippen LogP) is 3.11. The molecule has 2 nitrogen and oxygen atoms in total. The Morgan fingerprint density at radius 2 is 1.65 bits per heavy atom. The molecule has 0 saturated heterocycles. The van der Waals surface area contributed by atoms with Gasteiger partial charge in [0.1, 0.15) is 0 Å². The van der Waals surface area contributed by atoms with Crippen LogP contribution in [0.2, 0.25) is 0 Å². The van der Waals surface area contributed by atoms with Crippen LogP contribution >= 0.6 is 0 Å². The Kier molecular flexibility index (Phi) is 5.16. The summed E-state index contributed by atoms with van der Waals surface area (Å²) >= 11 is 0. The van der Waals surface area contributed by atoms with Gasteiger partial charge in [-0.1, -0.05) is 51.5 Å². The molecule has 2 heteroatoms. The second-order valence-electron chi connectivity index (χ2n) is 5.76. The van der Waals surface area contributed by atoms with Crippen molar-refractivity contribution in [2.75, 3.05) is 6.54 Å². The van der Waals surface area contributed by atoms with E-state index >= 15 is 0 Å². The highest BCUT2D eigenvalue weighted by Crippen LogP contribution is 2.24. The molecule has 1 atom stereocenters. The molecule has 1 aromatic rings. The van der Waals surface area contributed by atoms with E-state index in [2.05, 4.69) is 45.0 Å². The minimum atomic E-state index is 0.149. The summed E-state index contributed by atoms with van der Waals surface area (Å²) in [6.45, 7) is 7.44. The highest BCUT2D eigenvalue weighted by Gasteiger charge is 2.13. The molecule has 1 aromatic carbocycles. The van der Waals surface area contributed by atoms with Crippen LogP contribution in [-0.4, -0.2) is 6.54 Å². The molecule has 0 unspecified atom stereocenters. The average molecular weight is 234 g/mol. The second kappa shape index (κ2) is 6.18. The van der Waals surface area contributed by atoms with Gasteiger partial charge in [-0.15, -0.1) is 0 Å². The molecule has 1 rings (SSSR count). The molecule has 96 valence electrons. The van der Waals surface area contributed by atoms with Gasteiger partial charge in [0.25, 0.3) is 0 Å². The molecule has 0 heterocycles. The van der Waals surface area contributed by atoms with E-state index in [1.807, 2.05) is 0 Å². The summed E-state index contributed by atoms with van der Waals surface area (Å²) < 4.78 is 0. The summed E-state index contributed by atoms with van der Waals surface area (Å²) in [5.41, 5.74) is 14.4. The molecule has 0 radical (unpaired) electrons. The van der Waals surface area contributed by atoms with Crippen molar-refractivity contribution in [3.8, 4) is 0 Å². The van der Waals surface area contributed by atoms with E-state index in [1.54, 1.807) is 0 Å². The van der Waals surface area contributed by atoms with Crippen LogP contribution in [0.1, 0.15) is 57.2 Å². The molecule has 0 saturated carbocycles. The van der Waals surface area contributed by atoms with Crippen molar-refractivity contribution in [2.24, 2.45) is 11.5 Å². The topological polar surface area (TPSA) is 52.0 Å². The van der Waals surface area contributed by atoms with E-state index in [0.717, 1.165) is 25.8 Å². The number of hydrogen-bond donors (Lipinski definition) is 2. The van der Waals surface area contributed by atoms with E-state index in [4.69, 9.17) is 11.5 Å². The number of rotatable bonds is 5. The Morgan fingerprint density at radius 1 is 1.06 bits per heavy atom. The van der Waals surface area contributed by atoms with Crippen LogP contribution in [0.15, 0.2) is 24.3 Å². The van der Waals surface area contributed by atoms with Gasteiger partial charge in [-0.3, -0.25) is 0 Å². The Hall–Kier alpha value is -0.860. The summed E-state index contributed by atoms with van der Waals surface area (Å²) in [6, 6.07) is 8.85. The first-order valence-electron chi connectivity index (χ1n) is 6.51. The Balaban J connectivity index is 2.61. The summed E-state index contributed by atoms with van der Waals surface area (Å²) in [5.74, 6) is 0. The minimum absolute atomic E-state index is 0.149. The Morgan fingerprint density at radius 3 is 2.12 bits per heavy atom. The first kappa shape index (κ1) is 14.2. The highest BCUT2D eigenvalue weighted by atomic mass is 14.6. The smallest absolute Gasteiger partial charge is 0.0294 e. The van der Waals surface area contributed by atoms with Gasteiger partial charge in [-0.05, 0) is 35.9 Å². The summed E-state index contributed by atoms with van der Waals surface area (Å²) in [5, 5.41) is 0. The molecule has 0 aliphatic carbocycles. The van der Waals surface area contributed by atoms with Gasteiger partial charge < -0.3 is 11.5 Å². The van der Waals surface area contributed by atoms with Crippen molar-refractivity contribution >= 4 is 0 Å². The lowest BCUT2D eigenvalue weighted by molar-refractivity contribution is 0.581. The maximum atomic E-state index is 6.15. The number of hydrogen-bond acceptors (Lipinski definition) is 2. The first-order chi connectivity index (χ1) is 7.95. The van der Waals surface area contributed by atoms with E-state index in [-0.39, 0.29) is 11.5 Å². The molecular formula is C15H26N2. The SMILES string of the molecule is CC(C)(C)c1ccc([C@H](N)CCCCN)cc1. The summed E-state index contributed by atoms with van der Waals surface area (Å²) in [4.78, 5) is 0. The standard InChI is InChI=1S/C15H26N2/c1-15(2,3)13-9-7-12(8-10-13)14(17)6-4-5-11-16/h7-10,14H,4-6,11,16-17H2,1-3H3/t14-/m1/s1. The number of benzene rings is 1. The largest absolute Gasteiger partial charge is 0.330 e. The Labute approximate surface area is 105 Å². The molecule has 0 bridgehead atoms. The minimum Gasteiger partial charge on any atom is -0.330 e. The van der Waals surface area contributed by atoms with Crippen molar-refractivity contribution in [2.45, 2.75) is 51.5 Å². The van der Waals surface area contributed by atoms with Crippen LogP contribution < -0.4 is 11.5 Å². The lowest BCUT2D eigenvalue weighted by Crippen LogP contribution is -2.13. The Bertz CT molecular complexity index is 322. The number of nitrogens with two attached hydrogens (primary N) is 2. The van der Waals surface area contributed by atoms with Gasteiger partial charge in [0.05, 0.1) is 0 Å². The van der Waals surface area contributed by atoms with Crippen LogP contribution in [-0.2, 0) is 5.41 Å². The fourth-order valence-electron chi connectivity index (χ4n) is 1.91. The van der Waals surface area contributed by atoms with Crippen LogP contribution in [0, 0.1) is 0 Å². The molecular weight excluding hydrogens is 208 g/mol. The van der Waals surface area contributed by atoms with Crippen molar-refractivity contribution in [1.29, 1.82) is 0 Å². The van der Waals surface area contributed by atoms with Gasteiger partial charge in [-0.2, -0.15) is 0 Å². The van der Waals surface area contributed by atoms with Crippen LogP contribution in [0.25, 0.3) is 0 Å². The van der Waals surface area contributed by atoms with Gasteiger partial charge in [0, 0.05) is 6.04 Å². The fraction of sp³-hybridized carbons (Fsp3) is 0.600. The lowest BCUT2D eigenvalue weighted by atomic mass is 9.86. The maximum Gasteiger partial charge on any atom is 0.0294 e. The summed E-state index contributed by atoms with van der Waals surface area (Å²) in [6.07, 6.45) is 3.19. The third-order valence-corrected chi connectivity index (χ3v) is 3.17. The van der Waals surface area contributed by atoms with E-state index < -0.39 is 0 Å². The molecule has 0 amide bonds. The molecule has 0 spiro atoms. The van der Waals surface area contributed by atoms with Gasteiger partial charge in [-0.25, -0.2) is 0 Å².